The minimum Gasteiger partial charge on any atom is -0.350 e. The second kappa shape index (κ2) is 6.53. The van der Waals surface area contributed by atoms with Gasteiger partial charge in [0.1, 0.15) is 0 Å². The number of benzene rings is 1. The van der Waals surface area contributed by atoms with E-state index >= 15 is 0 Å². The largest absolute Gasteiger partial charge is 0.350 e. The van der Waals surface area contributed by atoms with Crippen molar-refractivity contribution in [3.63, 3.8) is 0 Å². The van der Waals surface area contributed by atoms with Gasteiger partial charge in [-0.2, -0.15) is 0 Å². The molecule has 0 spiro atoms. The highest BCUT2D eigenvalue weighted by Gasteiger charge is 2.13. The third-order valence-corrected chi connectivity index (χ3v) is 3.00. The summed E-state index contributed by atoms with van der Waals surface area (Å²) >= 11 is 5.74. The van der Waals surface area contributed by atoms with Crippen LogP contribution in [0.15, 0.2) is 42.6 Å². The Kier molecular flexibility index (Phi) is 4.74. The smallest absolute Gasteiger partial charge is 0.167 e. The van der Waals surface area contributed by atoms with E-state index in [1.165, 1.54) is 12.3 Å². The number of rotatable bonds is 5. The van der Waals surface area contributed by atoms with Gasteiger partial charge in [-0.3, -0.25) is 0 Å². The van der Waals surface area contributed by atoms with Crippen molar-refractivity contribution in [2.24, 2.45) is 0 Å². The van der Waals surface area contributed by atoms with Crippen molar-refractivity contribution >= 4 is 17.4 Å². The molecule has 2 rings (SSSR count). The van der Waals surface area contributed by atoms with Gasteiger partial charge in [0.2, 0.25) is 0 Å². The molecule has 1 aromatic carbocycles. The summed E-state index contributed by atoms with van der Waals surface area (Å²) in [5.74, 6) is -0.0213. The molecule has 19 heavy (non-hydrogen) atoms. The Labute approximate surface area is 117 Å². The van der Waals surface area contributed by atoms with E-state index in [2.05, 4.69) is 11.9 Å². The molecule has 0 bridgehead atoms. The number of hydrogen-bond donors (Lipinski definition) is 0. The lowest BCUT2D eigenvalue weighted by Gasteiger charge is -2.23. The van der Waals surface area contributed by atoms with Crippen molar-refractivity contribution in [2.45, 2.75) is 19.9 Å². The van der Waals surface area contributed by atoms with Crippen LogP contribution in [0.25, 0.3) is 0 Å². The van der Waals surface area contributed by atoms with E-state index in [9.17, 15) is 4.39 Å². The number of hydrogen-bond acceptors (Lipinski definition) is 2. The van der Waals surface area contributed by atoms with Crippen LogP contribution >= 0.6 is 11.6 Å². The molecule has 1 heterocycles. The van der Waals surface area contributed by atoms with Crippen LogP contribution in [0.1, 0.15) is 18.9 Å². The molecule has 0 radical (unpaired) electrons. The highest BCUT2D eigenvalue weighted by Crippen LogP contribution is 2.21. The molecule has 0 saturated heterocycles. The second-order valence-corrected chi connectivity index (χ2v) is 4.80. The number of aromatic nitrogens is 1. The molecule has 0 N–H and O–H groups in total. The van der Waals surface area contributed by atoms with Gasteiger partial charge in [-0.25, -0.2) is 9.37 Å². The summed E-state index contributed by atoms with van der Waals surface area (Å²) in [6, 6.07) is 11.3. The third-order valence-electron chi connectivity index (χ3n) is 2.80. The summed E-state index contributed by atoms with van der Waals surface area (Å²) in [4.78, 5) is 6.04. The van der Waals surface area contributed by atoms with E-state index in [0.29, 0.717) is 17.4 Å². The fraction of sp³-hybridized carbons (Fsp3) is 0.267. The van der Waals surface area contributed by atoms with Crippen LogP contribution in [-0.4, -0.2) is 11.5 Å². The standard InChI is InChI=1S/C15H16ClFN2/c1-2-8-19(11-12-6-4-3-5-7-12)15-14(17)9-13(16)10-18-15/h3-7,9-10H,2,8,11H2,1H3. The highest BCUT2D eigenvalue weighted by atomic mass is 35.5. The predicted octanol–water partition coefficient (Wildman–Crippen LogP) is 4.29. The number of anilines is 1. The first-order valence-corrected chi connectivity index (χ1v) is 6.68. The van der Waals surface area contributed by atoms with Gasteiger partial charge in [0, 0.05) is 19.3 Å². The zero-order valence-electron chi connectivity index (χ0n) is 10.8. The maximum atomic E-state index is 13.9. The molecule has 0 aliphatic rings. The summed E-state index contributed by atoms with van der Waals surface area (Å²) in [5.41, 5.74) is 1.13. The molecule has 0 aliphatic carbocycles. The molecular formula is C15H16ClFN2. The normalized spacial score (nSPS) is 10.5. The number of halogens is 2. The van der Waals surface area contributed by atoms with Gasteiger partial charge in [0.05, 0.1) is 5.02 Å². The first-order chi connectivity index (χ1) is 9.20. The Morgan fingerprint density at radius 1 is 1.26 bits per heavy atom. The topological polar surface area (TPSA) is 16.1 Å². The molecule has 2 nitrogen and oxygen atoms in total. The molecule has 2 aromatic rings. The Hall–Kier alpha value is -1.61. The molecule has 0 unspecified atom stereocenters. The Morgan fingerprint density at radius 2 is 2.00 bits per heavy atom. The molecule has 0 amide bonds. The first kappa shape index (κ1) is 13.8. The molecule has 100 valence electrons. The highest BCUT2D eigenvalue weighted by molar-refractivity contribution is 6.30. The minimum absolute atomic E-state index is 0.317. The van der Waals surface area contributed by atoms with Crippen LogP contribution < -0.4 is 4.90 Å². The monoisotopic (exact) mass is 278 g/mol. The quantitative estimate of drug-likeness (QED) is 0.811. The van der Waals surface area contributed by atoms with Crippen LogP contribution in [0, 0.1) is 5.82 Å². The van der Waals surface area contributed by atoms with E-state index < -0.39 is 0 Å². The number of nitrogens with zero attached hydrogens (tertiary/aromatic N) is 2. The lowest BCUT2D eigenvalue weighted by Crippen LogP contribution is -2.25. The second-order valence-electron chi connectivity index (χ2n) is 4.37. The summed E-state index contributed by atoms with van der Waals surface area (Å²) in [7, 11) is 0. The fourth-order valence-corrected chi connectivity index (χ4v) is 2.12. The predicted molar refractivity (Wildman–Crippen MR) is 77.0 cm³/mol. The third kappa shape index (κ3) is 3.67. The van der Waals surface area contributed by atoms with E-state index in [0.717, 1.165) is 18.5 Å². The Balaban J connectivity index is 2.24. The van der Waals surface area contributed by atoms with Gasteiger partial charge >= 0.3 is 0 Å². The van der Waals surface area contributed by atoms with Crippen molar-refractivity contribution in [1.82, 2.24) is 4.98 Å². The Bertz CT molecular complexity index is 531. The summed E-state index contributed by atoms with van der Waals surface area (Å²) in [6.45, 7) is 3.45. The first-order valence-electron chi connectivity index (χ1n) is 6.30. The molecule has 4 heteroatoms. The molecular weight excluding hydrogens is 263 g/mol. The van der Waals surface area contributed by atoms with Gasteiger partial charge in [0.15, 0.2) is 11.6 Å². The Morgan fingerprint density at radius 3 is 2.63 bits per heavy atom. The molecule has 1 aromatic heterocycles. The van der Waals surface area contributed by atoms with E-state index in [1.54, 1.807) is 0 Å². The molecule has 0 aliphatic heterocycles. The van der Waals surface area contributed by atoms with Gasteiger partial charge < -0.3 is 4.90 Å². The average molecular weight is 279 g/mol. The number of pyridine rings is 1. The van der Waals surface area contributed by atoms with Crippen molar-refractivity contribution in [2.75, 3.05) is 11.4 Å². The van der Waals surface area contributed by atoms with E-state index in [1.807, 2.05) is 35.2 Å². The van der Waals surface area contributed by atoms with Crippen LogP contribution in [0.2, 0.25) is 5.02 Å². The van der Waals surface area contributed by atoms with Crippen molar-refractivity contribution < 1.29 is 4.39 Å². The average Bonchev–Trinajstić information content (AvgIpc) is 2.39. The SMILES string of the molecule is CCCN(Cc1ccccc1)c1ncc(Cl)cc1F. The van der Waals surface area contributed by atoms with E-state index in [4.69, 9.17) is 11.6 Å². The maximum Gasteiger partial charge on any atom is 0.167 e. The molecule has 0 fully saturated rings. The summed E-state index contributed by atoms with van der Waals surface area (Å²) < 4.78 is 13.9. The maximum absolute atomic E-state index is 13.9. The summed E-state index contributed by atoms with van der Waals surface area (Å²) in [5, 5.41) is 0.317. The van der Waals surface area contributed by atoms with Crippen molar-refractivity contribution in [3.05, 3.63) is 59.0 Å². The van der Waals surface area contributed by atoms with E-state index in [-0.39, 0.29) is 5.82 Å². The van der Waals surface area contributed by atoms with Crippen LogP contribution in [0.3, 0.4) is 0 Å². The lowest BCUT2D eigenvalue weighted by molar-refractivity contribution is 0.605. The van der Waals surface area contributed by atoms with Crippen LogP contribution in [0.5, 0.6) is 0 Å². The molecule has 0 saturated carbocycles. The van der Waals surface area contributed by atoms with Crippen LogP contribution in [-0.2, 0) is 6.54 Å². The zero-order valence-corrected chi connectivity index (χ0v) is 11.6. The van der Waals surface area contributed by atoms with Crippen molar-refractivity contribution in [3.8, 4) is 0 Å². The lowest BCUT2D eigenvalue weighted by atomic mass is 10.2. The van der Waals surface area contributed by atoms with Gasteiger partial charge in [-0.05, 0) is 18.1 Å². The zero-order chi connectivity index (χ0) is 13.7. The van der Waals surface area contributed by atoms with Crippen LogP contribution in [0.4, 0.5) is 10.2 Å². The van der Waals surface area contributed by atoms with Gasteiger partial charge in [-0.1, -0.05) is 48.9 Å². The molecule has 0 atom stereocenters. The summed E-state index contributed by atoms with van der Waals surface area (Å²) in [6.07, 6.45) is 2.41. The van der Waals surface area contributed by atoms with Gasteiger partial charge in [0.25, 0.3) is 0 Å². The van der Waals surface area contributed by atoms with Gasteiger partial charge in [-0.15, -0.1) is 0 Å². The fourth-order valence-electron chi connectivity index (χ4n) is 1.97. The minimum atomic E-state index is -0.378. The van der Waals surface area contributed by atoms with Crippen molar-refractivity contribution in [1.29, 1.82) is 0 Å².